The summed E-state index contributed by atoms with van der Waals surface area (Å²) in [6, 6.07) is 8.09. The average molecular weight is 305 g/mol. The Morgan fingerprint density at radius 3 is 2.55 bits per heavy atom. The minimum Gasteiger partial charge on any atom is -0.496 e. The van der Waals surface area contributed by atoms with Crippen LogP contribution < -0.4 is 10.1 Å². The van der Waals surface area contributed by atoms with Crippen LogP contribution in [0.25, 0.3) is 0 Å². The van der Waals surface area contributed by atoms with Gasteiger partial charge in [0.25, 0.3) is 5.91 Å². The molecule has 5 heteroatoms. The van der Waals surface area contributed by atoms with E-state index >= 15 is 0 Å². The van der Waals surface area contributed by atoms with Crippen molar-refractivity contribution in [3.8, 4) is 5.75 Å². The standard InChI is InChI=1S/C17H17F2NO2/c1-10-4-7-16(22-3)14(8-10)11(2)20-17(21)13-6-5-12(18)9-15(13)19/h4-9,11H,1-3H3,(H,20,21). The molecule has 0 aliphatic heterocycles. The number of hydrogen-bond acceptors (Lipinski definition) is 2. The Kier molecular flexibility index (Phi) is 4.75. The number of ether oxygens (including phenoxy) is 1. The van der Waals surface area contributed by atoms with E-state index in [1.165, 1.54) is 0 Å². The molecule has 0 spiro atoms. The SMILES string of the molecule is COc1ccc(C)cc1C(C)NC(=O)c1ccc(F)cc1F. The molecule has 0 heterocycles. The molecule has 22 heavy (non-hydrogen) atoms. The maximum absolute atomic E-state index is 13.6. The number of carbonyl (C=O) groups is 1. The van der Waals surface area contributed by atoms with Crippen molar-refractivity contribution in [2.24, 2.45) is 0 Å². The Morgan fingerprint density at radius 2 is 1.91 bits per heavy atom. The molecule has 0 saturated carbocycles. The fourth-order valence-corrected chi connectivity index (χ4v) is 2.22. The molecule has 2 rings (SSSR count). The van der Waals surface area contributed by atoms with Crippen LogP contribution >= 0.6 is 0 Å². The molecule has 1 unspecified atom stereocenters. The first kappa shape index (κ1) is 15.9. The quantitative estimate of drug-likeness (QED) is 0.933. The largest absolute Gasteiger partial charge is 0.496 e. The van der Waals surface area contributed by atoms with Crippen LogP contribution in [0.2, 0.25) is 0 Å². The van der Waals surface area contributed by atoms with Crippen LogP contribution in [0, 0.1) is 18.6 Å². The van der Waals surface area contributed by atoms with Gasteiger partial charge in [0.15, 0.2) is 0 Å². The van der Waals surface area contributed by atoms with Crippen molar-refractivity contribution in [3.05, 3.63) is 64.7 Å². The first-order chi connectivity index (χ1) is 10.4. The summed E-state index contributed by atoms with van der Waals surface area (Å²) in [7, 11) is 1.54. The third-order valence-electron chi connectivity index (χ3n) is 3.38. The molecule has 2 aromatic rings. The van der Waals surface area contributed by atoms with Gasteiger partial charge in [-0.2, -0.15) is 0 Å². The molecule has 0 bridgehead atoms. The third-order valence-corrected chi connectivity index (χ3v) is 3.38. The second-order valence-corrected chi connectivity index (χ2v) is 5.06. The molecule has 0 fully saturated rings. The van der Waals surface area contributed by atoms with E-state index in [4.69, 9.17) is 4.74 Å². The summed E-state index contributed by atoms with van der Waals surface area (Å²) in [6.07, 6.45) is 0. The Balaban J connectivity index is 2.23. The van der Waals surface area contributed by atoms with E-state index < -0.39 is 17.5 Å². The smallest absolute Gasteiger partial charge is 0.254 e. The zero-order valence-corrected chi connectivity index (χ0v) is 12.6. The molecule has 1 atom stereocenters. The highest BCUT2D eigenvalue weighted by Gasteiger charge is 2.18. The number of amides is 1. The van der Waals surface area contributed by atoms with Crippen molar-refractivity contribution in [1.29, 1.82) is 0 Å². The molecule has 0 saturated heterocycles. The van der Waals surface area contributed by atoms with Crippen LogP contribution in [0.15, 0.2) is 36.4 Å². The van der Waals surface area contributed by atoms with Gasteiger partial charge in [0.2, 0.25) is 0 Å². The first-order valence-electron chi connectivity index (χ1n) is 6.83. The number of benzene rings is 2. The molecule has 0 aliphatic carbocycles. The van der Waals surface area contributed by atoms with Crippen LogP contribution in [0.1, 0.15) is 34.5 Å². The number of hydrogen-bond donors (Lipinski definition) is 1. The molecule has 0 aliphatic rings. The lowest BCUT2D eigenvalue weighted by molar-refractivity contribution is 0.0935. The van der Waals surface area contributed by atoms with Gasteiger partial charge < -0.3 is 10.1 Å². The van der Waals surface area contributed by atoms with Gasteiger partial charge in [-0.3, -0.25) is 4.79 Å². The summed E-state index contributed by atoms with van der Waals surface area (Å²) in [5.41, 5.74) is 1.61. The Labute approximate surface area is 127 Å². The molecular weight excluding hydrogens is 288 g/mol. The highest BCUT2D eigenvalue weighted by Crippen LogP contribution is 2.26. The Morgan fingerprint density at radius 1 is 1.18 bits per heavy atom. The normalized spacial score (nSPS) is 11.9. The van der Waals surface area contributed by atoms with Gasteiger partial charge >= 0.3 is 0 Å². The van der Waals surface area contributed by atoms with Crippen LogP contribution in [-0.4, -0.2) is 13.0 Å². The maximum atomic E-state index is 13.6. The first-order valence-corrected chi connectivity index (χ1v) is 6.83. The maximum Gasteiger partial charge on any atom is 0.254 e. The average Bonchev–Trinajstić information content (AvgIpc) is 2.46. The molecule has 1 N–H and O–H groups in total. The fraction of sp³-hybridized carbons (Fsp3) is 0.235. The van der Waals surface area contributed by atoms with Gasteiger partial charge in [-0.25, -0.2) is 8.78 Å². The van der Waals surface area contributed by atoms with E-state index in [0.717, 1.165) is 23.3 Å². The van der Waals surface area contributed by atoms with Crippen LogP contribution in [-0.2, 0) is 0 Å². The predicted octanol–water partition coefficient (Wildman–Crippen LogP) is 3.77. The lowest BCUT2D eigenvalue weighted by atomic mass is 10.0. The van der Waals surface area contributed by atoms with E-state index in [0.29, 0.717) is 11.8 Å². The van der Waals surface area contributed by atoms with Crippen molar-refractivity contribution in [2.75, 3.05) is 7.11 Å². The molecule has 116 valence electrons. The fourth-order valence-electron chi connectivity index (χ4n) is 2.22. The predicted molar refractivity (Wildman–Crippen MR) is 80.0 cm³/mol. The number of rotatable bonds is 4. The highest BCUT2D eigenvalue weighted by atomic mass is 19.1. The lowest BCUT2D eigenvalue weighted by Gasteiger charge is -2.18. The summed E-state index contributed by atoms with van der Waals surface area (Å²) in [4.78, 5) is 12.1. The van der Waals surface area contributed by atoms with Crippen molar-refractivity contribution in [1.82, 2.24) is 5.32 Å². The van der Waals surface area contributed by atoms with E-state index in [2.05, 4.69) is 5.32 Å². The number of methoxy groups -OCH3 is 1. The Hall–Kier alpha value is -2.43. The van der Waals surface area contributed by atoms with Crippen molar-refractivity contribution < 1.29 is 18.3 Å². The summed E-state index contributed by atoms with van der Waals surface area (Å²) in [5, 5.41) is 2.69. The van der Waals surface area contributed by atoms with Crippen molar-refractivity contribution >= 4 is 5.91 Å². The molecule has 0 radical (unpaired) electrons. The zero-order valence-electron chi connectivity index (χ0n) is 12.6. The number of nitrogens with one attached hydrogen (secondary N) is 1. The van der Waals surface area contributed by atoms with Gasteiger partial charge in [-0.15, -0.1) is 0 Å². The zero-order chi connectivity index (χ0) is 16.3. The van der Waals surface area contributed by atoms with Gasteiger partial charge in [-0.05, 0) is 32.0 Å². The molecule has 0 aromatic heterocycles. The van der Waals surface area contributed by atoms with Crippen LogP contribution in [0.4, 0.5) is 8.78 Å². The van der Waals surface area contributed by atoms with Gasteiger partial charge in [0, 0.05) is 11.6 Å². The van der Waals surface area contributed by atoms with E-state index in [1.54, 1.807) is 14.0 Å². The second kappa shape index (κ2) is 6.56. The molecule has 1 amide bonds. The van der Waals surface area contributed by atoms with Crippen molar-refractivity contribution in [3.63, 3.8) is 0 Å². The molecule has 3 nitrogen and oxygen atoms in total. The van der Waals surface area contributed by atoms with Crippen LogP contribution in [0.5, 0.6) is 5.75 Å². The highest BCUT2D eigenvalue weighted by molar-refractivity contribution is 5.94. The minimum absolute atomic E-state index is 0.195. The number of halogens is 2. The Bertz CT molecular complexity index is 701. The number of carbonyl (C=O) groups excluding carboxylic acids is 1. The van der Waals surface area contributed by atoms with Crippen molar-refractivity contribution in [2.45, 2.75) is 19.9 Å². The van der Waals surface area contributed by atoms with E-state index in [9.17, 15) is 13.6 Å². The van der Waals surface area contributed by atoms with E-state index in [1.807, 2.05) is 25.1 Å². The lowest BCUT2D eigenvalue weighted by Crippen LogP contribution is -2.27. The third kappa shape index (κ3) is 3.42. The topological polar surface area (TPSA) is 38.3 Å². The van der Waals surface area contributed by atoms with Gasteiger partial charge in [0.05, 0.1) is 18.7 Å². The van der Waals surface area contributed by atoms with Gasteiger partial charge in [0.1, 0.15) is 17.4 Å². The van der Waals surface area contributed by atoms with E-state index in [-0.39, 0.29) is 11.6 Å². The minimum atomic E-state index is -0.888. The summed E-state index contributed by atoms with van der Waals surface area (Å²) in [5.74, 6) is -1.57. The summed E-state index contributed by atoms with van der Waals surface area (Å²) < 4.78 is 31.8. The molecular formula is C17H17F2NO2. The monoisotopic (exact) mass is 305 g/mol. The summed E-state index contributed by atoms with van der Waals surface area (Å²) in [6.45, 7) is 3.70. The second-order valence-electron chi connectivity index (χ2n) is 5.06. The summed E-state index contributed by atoms with van der Waals surface area (Å²) >= 11 is 0. The molecule has 2 aromatic carbocycles. The number of aryl methyl sites for hydroxylation is 1. The van der Waals surface area contributed by atoms with Crippen LogP contribution in [0.3, 0.4) is 0 Å². The van der Waals surface area contributed by atoms with Gasteiger partial charge in [-0.1, -0.05) is 17.7 Å².